The van der Waals surface area contributed by atoms with Crippen LogP contribution >= 0.6 is 0 Å². The van der Waals surface area contributed by atoms with Gasteiger partial charge in [-0.3, -0.25) is 9.59 Å². The summed E-state index contributed by atoms with van der Waals surface area (Å²) in [5.41, 5.74) is 2.80. The van der Waals surface area contributed by atoms with Gasteiger partial charge in [-0.15, -0.1) is 0 Å². The third kappa shape index (κ3) is 2.46. The fourth-order valence-corrected chi connectivity index (χ4v) is 5.09. The Morgan fingerprint density at radius 2 is 1.87 bits per heavy atom. The van der Waals surface area contributed by atoms with Crippen LogP contribution in [0.15, 0.2) is 79.1 Å². The molecule has 1 saturated heterocycles. The van der Waals surface area contributed by atoms with Crippen molar-refractivity contribution < 1.29 is 9.59 Å². The Bertz CT molecular complexity index is 1300. The van der Waals surface area contributed by atoms with Gasteiger partial charge in [0.1, 0.15) is 5.41 Å². The number of rotatable bonds is 2. The van der Waals surface area contributed by atoms with Crippen molar-refractivity contribution in [1.82, 2.24) is 19.5 Å². The smallest absolute Gasteiger partial charge is 0.275 e. The van der Waals surface area contributed by atoms with Gasteiger partial charge in [-0.2, -0.15) is 5.10 Å². The molecule has 1 fully saturated rings. The van der Waals surface area contributed by atoms with Crippen molar-refractivity contribution in [2.24, 2.45) is 0 Å². The van der Waals surface area contributed by atoms with Crippen LogP contribution in [0.1, 0.15) is 34.1 Å². The van der Waals surface area contributed by atoms with E-state index >= 15 is 0 Å². The topological polar surface area (TPSA) is 79.6 Å². The second-order valence-electron chi connectivity index (χ2n) is 7.98. The predicted molar refractivity (Wildman–Crippen MR) is 115 cm³/mol. The summed E-state index contributed by atoms with van der Waals surface area (Å²) in [4.78, 5) is 33.1. The maximum Gasteiger partial charge on any atom is 0.275 e. The number of benzene rings is 2. The minimum atomic E-state index is -0.828. The molecule has 2 aromatic heterocycles. The van der Waals surface area contributed by atoms with E-state index in [4.69, 9.17) is 0 Å². The maximum atomic E-state index is 13.6. The molecule has 2 amide bonds. The van der Waals surface area contributed by atoms with Gasteiger partial charge in [-0.25, -0.2) is 9.50 Å². The van der Waals surface area contributed by atoms with Gasteiger partial charge >= 0.3 is 0 Å². The number of hydrogen-bond donors (Lipinski definition) is 1. The van der Waals surface area contributed by atoms with E-state index in [1.54, 1.807) is 33.9 Å². The molecule has 7 heteroatoms. The quantitative estimate of drug-likeness (QED) is 0.551. The lowest BCUT2D eigenvalue weighted by molar-refractivity contribution is -0.121. The minimum Gasteiger partial charge on any atom is -0.329 e. The molecule has 4 aromatic rings. The standard InChI is InChI=1S/C24H19N5O2/c30-22(19-15-20-25-12-6-13-29(20)27-19)28-14-11-24(21(28)16-7-2-1-3-8-16)17-9-4-5-10-18(17)26-23(24)31/h1-10,12-13,15,21H,11,14H2,(H,26,31)/t21-,24+/m0/s1. The molecule has 0 unspecified atom stereocenters. The first-order chi connectivity index (χ1) is 15.2. The van der Waals surface area contributed by atoms with Gasteiger partial charge in [0.2, 0.25) is 5.91 Å². The molecule has 2 aliphatic rings. The molecule has 31 heavy (non-hydrogen) atoms. The highest BCUT2D eigenvalue weighted by Crippen LogP contribution is 2.54. The first-order valence-electron chi connectivity index (χ1n) is 10.3. The van der Waals surface area contributed by atoms with E-state index in [-0.39, 0.29) is 11.8 Å². The lowest BCUT2D eigenvalue weighted by atomic mass is 9.72. The Labute approximate surface area is 178 Å². The zero-order chi connectivity index (χ0) is 21.0. The zero-order valence-electron chi connectivity index (χ0n) is 16.6. The summed E-state index contributed by atoms with van der Waals surface area (Å²) in [5.74, 6) is -0.261. The van der Waals surface area contributed by atoms with Crippen LogP contribution in [0.4, 0.5) is 5.69 Å². The van der Waals surface area contributed by atoms with E-state index in [1.165, 1.54) is 0 Å². The first-order valence-corrected chi connectivity index (χ1v) is 10.3. The van der Waals surface area contributed by atoms with Crippen LogP contribution in [0.3, 0.4) is 0 Å². The summed E-state index contributed by atoms with van der Waals surface area (Å²) in [6, 6.07) is 20.6. The highest BCUT2D eigenvalue weighted by Gasteiger charge is 2.59. The molecule has 4 heterocycles. The molecule has 1 spiro atoms. The second kappa shape index (κ2) is 6.50. The van der Waals surface area contributed by atoms with Crippen LogP contribution in [0.5, 0.6) is 0 Å². The Morgan fingerprint density at radius 3 is 2.71 bits per heavy atom. The van der Waals surface area contributed by atoms with E-state index < -0.39 is 11.5 Å². The molecule has 2 atom stereocenters. The summed E-state index contributed by atoms with van der Waals surface area (Å²) in [6.45, 7) is 0.460. The molecular weight excluding hydrogens is 390 g/mol. The van der Waals surface area contributed by atoms with Gasteiger partial charge in [0.15, 0.2) is 11.3 Å². The van der Waals surface area contributed by atoms with Crippen molar-refractivity contribution in [1.29, 1.82) is 0 Å². The number of hydrogen-bond acceptors (Lipinski definition) is 4. The van der Waals surface area contributed by atoms with E-state index in [0.717, 1.165) is 16.8 Å². The molecule has 0 radical (unpaired) electrons. The SMILES string of the molecule is O=C(c1cc2ncccn2n1)N1CC[C@]2(C(=O)Nc3ccccc32)[C@@H]1c1ccccc1. The lowest BCUT2D eigenvalue weighted by Gasteiger charge is -2.34. The van der Waals surface area contributed by atoms with Crippen LogP contribution in [-0.2, 0) is 10.2 Å². The molecule has 152 valence electrons. The molecule has 7 nitrogen and oxygen atoms in total. The molecule has 1 N–H and O–H groups in total. The Kier molecular flexibility index (Phi) is 3.74. The number of nitrogens with zero attached hydrogens (tertiary/aromatic N) is 4. The van der Waals surface area contributed by atoms with Crippen LogP contribution < -0.4 is 5.32 Å². The van der Waals surface area contributed by atoms with Gasteiger partial charge in [0, 0.05) is 30.7 Å². The van der Waals surface area contributed by atoms with Gasteiger partial charge in [-0.1, -0.05) is 48.5 Å². The van der Waals surface area contributed by atoms with Crippen molar-refractivity contribution in [3.63, 3.8) is 0 Å². The Balaban J connectivity index is 1.50. The number of carbonyl (C=O) groups excluding carboxylic acids is 2. The summed E-state index contributed by atoms with van der Waals surface area (Å²) in [5, 5.41) is 7.47. The number of nitrogens with one attached hydrogen (secondary N) is 1. The Hall–Kier alpha value is -4.00. The summed E-state index contributed by atoms with van der Waals surface area (Å²) < 4.78 is 1.59. The fraction of sp³-hybridized carbons (Fsp3) is 0.167. The van der Waals surface area contributed by atoms with Crippen molar-refractivity contribution in [3.05, 3.63) is 95.9 Å². The maximum absolute atomic E-state index is 13.6. The van der Waals surface area contributed by atoms with Crippen LogP contribution in [0, 0.1) is 0 Å². The third-order valence-electron chi connectivity index (χ3n) is 6.42. The highest BCUT2D eigenvalue weighted by atomic mass is 16.2. The Morgan fingerprint density at radius 1 is 1.06 bits per heavy atom. The molecule has 0 aliphatic carbocycles. The number of fused-ring (bicyclic) bond motifs is 3. The first kappa shape index (κ1) is 17.8. The van der Waals surface area contributed by atoms with Crippen LogP contribution in [0.2, 0.25) is 0 Å². The molecular formula is C24H19N5O2. The van der Waals surface area contributed by atoms with Crippen molar-refractivity contribution >= 4 is 23.1 Å². The number of carbonyl (C=O) groups is 2. The van der Waals surface area contributed by atoms with E-state index in [9.17, 15) is 9.59 Å². The van der Waals surface area contributed by atoms with Crippen molar-refractivity contribution in [2.45, 2.75) is 17.9 Å². The van der Waals surface area contributed by atoms with Crippen LogP contribution in [0.25, 0.3) is 5.65 Å². The van der Waals surface area contributed by atoms with Crippen LogP contribution in [-0.4, -0.2) is 37.9 Å². The monoisotopic (exact) mass is 409 g/mol. The highest BCUT2D eigenvalue weighted by molar-refractivity contribution is 6.08. The molecule has 0 bridgehead atoms. The number of aromatic nitrogens is 3. The molecule has 0 saturated carbocycles. The normalized spacial score (nSPS) is 22.1. The number of amides is 2. The van der Waals surface area contributed by atoms with Crippen molar-refractivity contribution in [2.75, 3.05) is 11.9 Å². The van der Waals surface area contributed by atoms with Gasteiger partial charge in [-0.05, 0) is 29.7 Å². The minimum absolute atomic E-state index is 0.0606. The molecule has 2 aliphatic heterocycles. The van der Waals surface area contributed by atoms with E-state index in [0.29, 0.717) is 24.3 Å². The average Bonchev–Trinajstić information content (AvgIpc) is 3.49. The van der Waals surface area contributed by atoms with Crippen molar-refractivity contribution in [3.8, 4) is 0 Å². The number of likely N-dealkylation sites (tertiary alicyclic amines) is 1. The molecule has 6 rings (SSSR count). The summed E-state index contributed by atoms with van der Waals surface area (Å²) >= 11 is 0. The second-order valence-corrected chi connectivity index (χ2v) is 7.98. The summed E-state index contributed by atoms with van der Waals surface area (Å²) in [6.07, 6.45) is 3.98. The van der Waals surface area contributed by atoms with Gasteiger partial charge in [0.25, 0.3) is 5.91 Å². The fourth-order valence-electron chi connectivity index (χ4n) is 5.09. The number of anilines is 1. The number of para-hydroxylation sites is 1. The third-order valence-corrected chi connectivity index (χ3v) is 6.42. The average molecular weight is 409 g/mol. The van der Waals surface area contributed by atoms with E-state index in [1.807, 2.05) is 54.6 Å². The van der Waals surface area contributed by atoms with Gasteiger partial charge < -0.3 is 10.2 Å². The van der Waals surface area contributed by atoms with Gasteiger partial charge in [0.05, 0.1) is 6.04 Å². The van der Waals surface area contributed by atoms with E-state index in [2.05, 4.69) is 15.4 Å². The summed E-state index contributed by atoms with van der Waals surface area (Å²) in [7, 11) is 0. The zero-order valence-corrected chi connectivity index (χ0v) is 16.6. The lowest BCUT2D eigenvalue weighted by Crippen LogP contribution is -2.42. The largest absolute Gasteiger partial charge is 0.329 e. The predicted octanol–water partition coefficient (Wildman–Crippen LogP) is 3.21. The molecule has 2 aromatic carbocycles.